The minimum atomic E-state index is -3.37. The van der Waals surface area contributed by atoms with Gasteiger partial charge in [0.1, 0.15) is 5.75 Å². The van der Waals surface area contributed by atoms with Crippen molar-refractivity contribution >= 4 is 27.5 Å². The van der Waals surface area contributed by atoms with Gasteiger partial charge >= 0.3 is 0 Å². The molecule has 1 aromatic rings. The first-order valence-electron chi connectivity index (χ1n) is 11.6. The summed E-state index contributed by atoms with van der Waals surface area (Å²) in [6.07, 6.45) is 4.98. The number of sulfonamides is 1. The van der Waals surface area contributed by atoms with Crippen molar-refractivity contribution in [3.63, 3.8) is 0 Å². The average Bonchev–Trinajstić information content (AvgIpc) is 3.07. The molecule has 9 nitrogen and oxygen atoms in total. The Morgan fingerprint density at radius 2 is 2.06 bits per heavy atom. The third-order valence-corrected chi connectivity index (χ3v) is 8.99. The van der Waals surface area contributed by atoms with Gasteiger partial charge in [-0.15, -0.1) is 0 Å². The van der Waals surface area contributed by atoms with Crippen molar-refractivity contribution in [2.75, 3.05) is 24.2 Å². The van der Waals surface area contributed by atoms with Crippen molar-refractivity contribution in [2.45, 2.75) is 57.2 Å². The van der Waals surface area contributed by atoms with E-state index in [0.717, 1.165) is 31.6 Å². The van der Waals surface area contributed by atoms with E-state index in [1.165, 1.54) is 0 Å². The van der Waals surface area contributed by atoms with E-state index in [2.05, 4.69) is 16.0 Å². The number of hydrogen-bond donors (Lipinski definition) is 3. The van der Waals surface area contributed by atoms with Crippen molar-refractivity contribution < 1.29 is 22.7 Å². The predicted molar refractivity (Wildman–Crippen MR) is 123 cm³/mol. The minimum Gasteiger partial charge on any atom is -0.479 e. The molecule has 0 saturated carbocycles. The van der Waals surface area contributed by atoms with E-state index < -0.39 is 16.1 Å². The Morgan fingerprint density at radius 1 is 1.27 bits per heavy atom. The third-order valence-electron chi connectivity index (χ3n) is 6.96. The number of fused-ring (bicyclic) bond motifs is 3. The SMILES string of the molecule is C[C@H]1Oc2ccc(C(=O)N[C@H]3CC4=CC[C@@H](C3)N4S(=O)(=O)CC3CCNCC3)cc2NC1=O. The normalized spacial score (nSPS) is 27.3. The third kappa shape index (κ3) is 4.46. The molecule has 4 aliphatic rings. The van der Waals surface area contributed by atoms with Crippen molar-refractivity contribution in [3.05, 3.63) is 35.5 Å². The molecule has 0 unspecified atom stereocenters. The predicted octanol–water partition coefficient (Wildman–Crippen LogP) is 1.59. The zero-order chi connectivity index (χ0) is 23.2. The zero-order valence-electron chi connectivity index (χ0n) is 18.7. The maximum Gasteiger partial charge on any atom is 0.265 e. The minimum absolute atomic E-state index is 0.136. The highest BCUT2D eigenvalue weighted by molar-refractivity contribution is 7.89. The van der Waals surface area contributed by atoms with E-state index in [-0.39, 0.29) is 35.6 Å². The van der Waals surface area contributed by atoms with E-state index in [1.807, 2.05) is 6.08 Å². The summed E-state index contributed by atoms with van der Waals surface area (Å²) in [7, 11) is -3.37. The monoisotopic (exact) mass is 474 g/mol. The number of ether oxygens (including phenoxy) is 1. The number of hydrogen-bond acceptors (Lipinski definition) is 6. The van der Waals surface area contributed by atoms with Crippen LogP contribution in [0.2, 0.25) is 0 Å². The molecule has 0 aliphatic carbocycles. The Labute approximate surface area is 194 Å². The van der Waals surface area contributed by atoms with Crippen LogP contribution in [0, 0.1) is 5.92 Å². The van der Waals surface area contributed by atoms with Crippen LogP contribution in [0.3, 0.4) is 0 Å². The van der Waals surface area contributed by atoms with Gasteiger partial charge in [0.15, 0.2) is 6.10 Å². The topological polar surface area (TPSA) is 117 Å². The second kappa shape index (κ2) is 8.64. The Balaban J connectivity index is 1.23. The van der Waals surface area contributed by atoms with E-state index in [1.54, 1.807) is 29.4 Å². The van der Waals surface area contributed by atoms with E-state index in [9.17, 15) is 18.0 Å². The zero-order valence-corrected chi connectivity index (χ0v) is 19.5. The highest BCUT2D eigenvalue weighted by atomic mass is 32.2. The fraction of sp³-hybridized carbons (Fsp3) is 0.565. The Hall–Kier alpha value is -2.59. The van der Waals surface area contributed by atoms with Crippen LogP contribution in [0.15, 0.2) is 30.0 Å². The van der Waals surface area contributed by atoms with Crippen LogP contribution < -0.4 is 20.7 Å². The lowest BCUT2D eigenvalue weighted by atomic mass is 10.00. The van der Waals surface area contributed by atoms with Gasteiger partial charge in [0.2, 0.25) is 10.0 Å². The molecule has 4 aliphatic heterocycles. The molecule has 2 amide bonds. The van der Waals surface area contributed by atoms with Gasteiger partial charge in [-0.3, -0.25) is 13.9 Å². The summed E-state index contributed by atoms with van der Waals surface area (Å²) in [6, 6.07) is 4.70. The van der Waals surface area contributed by atoms with Crippen molar-refractivity contribution in [2.24, 2.45) is 5.92 Å². The maximum absolute atomic E-state index is 13.2. The molecule has 3 atom stereocenters. The molecule has 178 valence electrons. The fourth-order valence-electron chi connectivity index (χ4n) is 5.28. The standard InChI is InChI=1S/C23H30N4O5S/c1-14-22(28)26-20-10-16(2-5-21(20)32-14)23(29)25-17-11-18-3-4-19(12-17)27(18)33(30,31)13-15-6-8-24-9-7-15/h2-3,5,10,14-15,17,19,24H,4,6-9,11-13H2,1H3,(H,25,29)(H,26,28)/t14-,17+,19+/m1/s1. The lowest BCUT2D eigenvalue weighted by molar-refractivity contribution is -0.122. The van der Waals surface area contributed by atoms with Gasteiger partial charge in [0.25, 0.3) is 11.8 Å². The van der Waals surface area contributed by atoms with Gasteiger partial charge in [0, 0.05) is 23.7 Å². The molecule has 1 aromatic carbocycles. The number of anilines is 1. The number of piperidine rings is 2. The van der Waals surface area contributed by atoms with E-state index in [0.29, 0.717) is 36.3 Å². The Morgan fingerprint density at radius 3 is 2.82 bits per heavy atom. The smallest absolute Gasteiger partial charge is 0.265 e. The lowest BCUT2D eigenvalue weighted by Crippen LogP contribution is -2.49. The largest absolute Gasteiger partial charge is 0.479 e. The molecular formula is C23H30N4O5S. The second-order valence-corrected chi connectivity index (χ2v) is 11.3. The van der Waals surface area contributed by atoms with Gasteiger partial charge in [-0.2, -0.15) is 0 Å². The number of nitrogens with zero attached hydrogens (tertiary/aromatic N) is 1. The molecule has 0 aromatic heterocycles. The summed E-state index contributed by atoms with van der Waals surface area (Å²) in [6.45, 7) is 3.41. The van der Waals surface area contributed by atoms with Crippen LogP contribution in [0.5, 0.6) is 5.75 Å². The van der Waals surface area contributed by atoms with Crippen molar-refractivity contribution in [1.82, 2.24) is 14.9 Å². The molecule has 4 heterocycles. The fourth-order valence-corrected chi connectivity index (χ4v) is 7.51. The summed E-state index contributed by atoms with van der Waals surface area (Å²) in [5, 5.41) is 9.09. The first-order valence-corrected chi connectivity index (χ1v) is 13.3. The molecule has 2 saturated heterocycles. The molecule has 0 spiro atoms. The highest BCUT2D eigenvalue weighted by Gasteiger charge is 2.42. The number of carbonyl (C=O) groups excluding carboxylic acids is 2. The number of carbonyl (C=O) groups is 2. The van der Waals surface area contributed by atoms with Crippen LogP contribution in [-0.2, 0) is 14.8 Å². The summed E-state index contributed by atoms with van der Waals surface area (Å²) in [5.74, 6) is 0.434. The summed E-state index contributed by atoms with van der Waals surface area (Å²) < 4.78 is 33.5. The number of benzene rings is 1. The average molecular weight is 475 g/mol. The molecule has 3 N–H and O–H groups in total. The quantitative estimate of drug-likeness (QED) is 0.597. The van der Waals surface area contributed by atoms with Crippen molar-refractivity contribution in [1.29, 1.82) is 0 Å². The Kier molecular flexibility index (Phi) is 5.82. The number of nitrogens with one attached hydrogen (secondary N) is 3. The van der Waals surface area contributed by atoms with E-state index >= 15 is 0 Å². The summed E-state index contributed by atoms with van der Waals surface area (Å²) in [4.78, 5) is 24.8. The first kappa shape index (κ1) is 22.2. The molecule has 5 rings (SSSR count). The molecule has 33 heavy (non-hydrogen) atoms. The molecule has 10 heteroatoms. The lowest BCUT2D eigenvalue weighted by Gasteiger charge is -2.38. The maximum atomic E-state index is 13.2. The van der Waals surface area contributed by atoms with Crippen LogP contribution in [-0.4, -0.2) is 61.6 Å². The van der Waals surface area contributed by atoms with Gasteiger partial charge < -0.3 is 20.7 Å². The van der Waals surface area contributed by atoms with E-state index in [4.69, 9.17) is 4.74 Å². The molecule has 2 fully saturated rings. The van der Waals surface area contributed by atoms with Crippen molar-refractivity contribution in [3.8, 4) is 5.75 Å². The summed E-state index contributed by atoms with van der Waals surface area (Å²) >= 11 is 0. The molecule has 2 bridgehead atoms. The van der Waals surface area contributed by atoms with Gasteiger partial charge in [0.05, 0.1) is 17.5 Å². The van der Waals surface area contributed by atoms with Crippen LogP contribution >= 0.6 is 0 Å². The molecular weight excluding hydrogens is 444 g/mol. The number of rotatable bonds is 5. The van der Waals surface area contributed by atoms with Crippen LogP contribution in [0.1, 0.15) is 49.4 Å². The molecule has 0 radical (unpaired) electrons. The highest BCUT2D eigenvalue weighted by Crippen LogP contribution is 2.38. The van der Waals surface area contributed by atoms with Gasteiger partial charge in [-0.1, -0.05) is 6.08 Å². The number of amides is 2. The van der Waals surface area contributed by atoms with Gasteiger partial charge in [-0.25, -0.2) is 8.42 Å². The van der Waals surface area contributed by atoms with Gasteiger partial charge in [-0.05, 0) is 69.8 Å². The van der Waals surface area contributed by atoms with Crippen LogP contribution in [0.4, 0.5) is 5.69 Å². The van der Waals surface area contributed by atoms with Crippen LogP contribution in [0.25, 0.3) is 0 Å². The first-order chi connectivity index (χ1) is 15.8. The second-order valence-electron chi connectivity index (χ2n) is 9.42. The Bertz CT molecular complexity index is 1100. The summed E-state index contributed by atoms with van der Waals surface area (Å²) in [5.41, 5.74) is 1.70.